The van der Waals surface area contributed by atoms with Crippen molar-refractivity contribution in [3.8, 4) is 5.75 Å². The highest BCUT2D eigenvalue weighted by Gasteiger charge is 2.40. The maximum Gasteiger partial charge on any atom is 0.256 e. The van der Waals surface area contributed by atoms with Crippen molar-refractivity contribution in [1.29, 1.82) is 0 Å². The van der Waals surface area contributed by atoms with E-state index < -0.39 is 6.04 Å². The number of amides is 2. The van der Waals surface area contributed by atoms with Crippen molar-refractivity contribution in [2.45, 2.75) is 12.5 Å². The second-order valence-electron chi connectivity index (χ2n) is 5.15. The molecule has 0 unspecified atom stereocenters. The topological polar surface area (TPSA) is 58.6 Å². The lowest BCUT2D eigenvalue weighted by Gasteiger charge is -2.17. The fraction of sp³-hybridized carbons (Fsp3) is 0.176. The predicted octanol–water partition coefficient (Wildman–Crippen LogP) is 3.20. The number of para-hydroxylation sites is 1. The van der Waals surface area contributed by atoms with Crippen molar-refractivity contribution < 1.29 is 14.3 Å². The Morgan fingerprint density at radius 2 is 1.96 bits per heavy atom. The molecule has 0 bridgehead atoms. The molecule has 0 radical (unpaired) electrons. The van der Waals surface area contributed by atoms with E-state index in [4.69, 9.17) is 4.74 Å². The first-order valence-electron chi connectivity index (χ1n) is 7.12. The molecule has 2 aromatic carbocycles. The summed E-state index contributed by atoms with van der Waals surface area (Å²) in [7, 11) is 1.58. The number of nitrogens with zero attached hydrogens (tertiary/aromatic N) is 1. The molecular weight excluding hydrogens is 360 g/mol. The number of anilines is 2. The van der Waals surface area contributed by atoms with Gasteiger partial charge in [-0.1, -0.05) is 18.2 Å². The Morgan fingerprint density at radius 1 is 1.17 bits per heavy atom. The Bertz CT molecular complexity index is 763. The Hall–Kier alpha value is -2.34. The van der Waals surface area contributed by atoms with Crippen LogP contribution in [0.4, 0.5) is 11.4 Å². The summed E-state index contributed by atoms with van der Waals surface area (Å²) in [6, 6.07) is 13.9. The van der Waals surface area contributed by atoms with E-state index in [0.29, 0.717) is 15.9 Å². The maximum absolute atomic E-state index is 12.6. The lowest BCUT2D eigenvalue weighted by Crippen LogP contribution is -2.35. The van der Waals surface area contributed by atoms with Gasteiger partial charge in [0.2, 0.25) is 5.91 Å². The van der Waals surface area contributed by atoms with Crippen molar-refractivity contribution in [1.82, 2.24) is 0 Å². The van der Waals surface area contributed by atoms with Crippen LogP contribution in [0.15, 0.2) is 53.0 Å². The van der Waals surface area contributed by atoms with E-state index in [1.54, 1.807) is 31.4 Å². The molecule has 1 aliphatic heterocycles. The summed E-state index contributed by atoms with van der Waals surface area (Å²) in [5, 5.41) is 3.11. The number of hydrogen-bond acceptors (Lipinski definition) is 4. The van der Waals surface area contributed by atoms with E-state index in [2.05, 4.69) is 21.2 Å². The molecule has 0 spiro atoms. The van der Waals surface area contributed by atoms with E-state index >= 15 is 0 Å². The van der Waals surface area contributed by atoms with Crippen LogP contribution in [0.3, 0.4) is 0 Å². The first kappa shape index (κ1) is 15.6. The van der Waals surface area contributed by atoms with Crippen LogP contribution in [0.25, 0.3) is 0 Å². The number of benzene rings is 2. The zero-order valence-electron chi connectivity index (χ0n) is 12.5. The maximum atomic E-state index is 12.6. The number of rotatable bonds is 4. The largest absolute Gasteiger partial charge is 0.497 e. The second kappa shape index (κ2) is 6.42. The first-order chi connectivity index (χ1) is 11.1. The fourth-order valence-electron chi connectivity index (χ4n) is 2.54. The van der Waals surface area contributed by atoms with Gasteiger partial charge in [-0.05, 0) is 40.2 Å². The van der Waals surface area contributed by atoms with Crippen molar-refractivity contribution in [2.24, 2.45) is 0 Å². The highest BCUT2D eigenvalue weighted by molar-refractivity contribution is 9.10. The van der Waals surface area contributed by atoms with Crippen molar-refractivity contribution >= 4 is 39.1 Å². The molecule has 1 atom stereocenters. The average molecular weight is 375 g/mol. The van der Waals surface area contributed by atoms with Crippen LogP contribution in [0, 0.1) is 0 Å². The molecule has 3 rings (SSSR count). The van der Waals surface area contributed by atoms with Crippen molar-refractivity contribution in [3.05, 3.63) is 53.0 Å². The molecule has 1 heterocycles. The zero-order valence-corrected chi connectivity index (χ0v) is 14.0. The number of carbonyl (C=O) groups excluding carboxylic acids is 2. The second-order valence-corrected chi connectivity index (χ2v) is 6.01. The molecule has 2 aromatic rings. The number of nitrogens with one attached hydrogen (secondary N) is 1. The smallest absolute Gasteiger partial charge is 0.256 e. The van der Waals surface area contributed by atoms with Gasteiger partial charge in [0.1, 0.15) is 11.8 Å². The van der Waals surface area contributed by atoms with Gasteiger partial charge < -0.3 is 10.1 Å². The molecule has 1 N–H and O–H groups in total. The SMILES string of the molecule is COc1cccc(N[C@@H]2CC(=O)N(c3ccccc3Br)C2=O)c1. The molecule has 0 aliphatic carbocycles. The Balaban J connectivity index is 1.82. The molecule has 6 heteroatoms. The summed E-state index contributed by atoms with van der Waals surface area (Å²) >= 11 is 3.38. The van der Waals surface area contributed by atoms with Crippen molar-refractivity contribution in [3.63, 3.8) is 0 Å². The first-order valence-corrected chi connectivity index (χ1v) is 7.91. The number of imide groups is 1. The van der Waals surface area contributed by atoms with Gasteiger partial charge in [0, 0.05) is 16.2 Å². The van der Waals surface area contributed by atoms with Crippen molar-refractivity contribution in [2.75, 3.05) is 17.3 Å². The van der Waals surface area contributed by atoms with Crippen LogP contribution >= 0.6 is 15.9 Å². The number of carbonyl (C=O) groups is 2. The van der Waals surface area contributed by atoms with Gasteiger partial charge in [-0.15, -0.1) is 0 Å². The van der Waals surface area contributed by atoms with Crippen LogP contribution in [-0.4, -0.2) is 25.0 Å². The summed E-state index contributed by atoms with van der Waals surface area (Å²) < 4.78 is 5.88. The predicted molar refractivity (Wildman–Crippen MR) is 91.7 cm³/mol. The van der Waals surface area contributed by atoms with Gasteiger partial charge in [0.15, 0.2) is 0 Å². The normalized spacial score (nSPS) is 17.5. The molecule has 1 aliphatic rings. The number of halogens is 1. The van der Waals surface area contributed by atoms with E-state index in [1.165, 1.54) is 4.90 Å². The van der Waals surface area contributed by atoms with E-state index in [1.807, 2.05) is 24.3 Å². The minimum Gasteiger partial charge on any atom is -0.497 e. The minimum atomic E-state index is -0.582. The molecule has 23 heavy (non-hydrogen) atoms. The summed E-state index contributed by atoms with van der Waals surface area (Å²) in [6.07, 6.45) is 0.122. The van der Waals surface area contributed by atoms with Crippen LogP contribution in [0.5, 0.6) is 5.75 Å². The molecular formula is C17H15BrN2O3. The third kappa shape index (κ3) is 3.07. The van der Waals surface area contributed by atoms with Gasteiger partial charge in [0.25, 0.3) is 5.91 Å². The van der Waals surface area contributed by atoms with Crippen LogP contribution < -0.4 is 15.0 Å². The Morgan fingerprint density at radius 3 is 2.70 bits per heavy atom. The minimum absolute atomic E-state index is 0.122. The summed E-state index contributed by atoms with van der Waals surface area (Å²) in [4.78, 5) is 26.1. The standard InChI is InChI=1S/C17H15BrN2O3/c1-23-12-6-4-5-11(9-12)19-14-10-16(21)20(17(14)22)15-8-3-2-7-13(15)18/h2-9,14,19H,10H2,1H3/t14-/m1/s1. The molecule has 2 amide bonds. The monoisotopic (exact) mass is 374 g/mol. The Labute approximate surface area is 142 Å². The lowest BCUT2D eigenvalue weighted by atomic mass is 10.2. The van der Waals surface area contributed by atoms with Gasteiger partial charge >= 0.3 is 0 Å². The van der Waals surface area contributed by atoms with Gasteiger partial charge in [-0.2, -0.15) is 0 Å². The molecule has 1 saturated heterocycles. The zero-order chi connectivity index (χ0) is 16.4. The van der Waals surface area contributed by atoms with Gasteiger partial charge in [-0.3, -0.25) is 9.59 Å². The summed E-state index contributed by atoms with van der Waals surface area (Å²) in [5.41, 5.74) is 1.31. The molecule has 1 fully saturated rings. The van der Waals surface area contributed by atoms with E-state index in [9.17, 15) is 9.59 Å². The van der Waals surface area contributed by atoms with Gasteiger partial charge in [0.05, 0.1) is 19.2 Å². The van der Waals surface area contributed by atoms with Crippen LogP contribution in [-0.2, 0) is 9.59 Å². The van der Waals surface area contributed by atoms with Gasteiger partial charge in [-0.25, -0.2) is 4.90 Å². The molecule has 118 valence electrons. The number of hydrogen-bond donors (Lipinski definition) is 1. The summed E-state index contributed by atoms with van der Waals surface area (Å²) in [5.74, 6) is 0.210. The van der Waals surface area contributed by atoms with E-state index in [-0.39, 0.29) is 18.2 Å². The third-order valence-electron chi connectivity index (χ3n) is 3.65. The lowest BCUT2D eigenvalue weighted by molar-refractivity contribution is -0.121. The molecule has 0 saturated carbocycles. The fourth-order valence-corrected chi connectivity index (χ4v) is 3.01. The third-order valence-corrected chi connectivity index (χ3v) is 4.32. The Kier molecular flexibility index (Phi) is 4.34. The quantitative estimate of drug-likeness (QED) is 0.834. The number of ether oxygens (including phenoxy) is 1. The van der Waals surface area contributed by atoms with E-state index in [0.717, 1.165) is 5.69 Å². The highest BCUT2D eigenvalue weighted by atomic mass is 79.9. The van der Waals surface area contributed by atoms with Crippen LogP contribution in [0.1, 0.15) is 6.42 Å². The summed E-state index contributed by atoms with van der Waals surface area (Å²) in [6.45, 7) is 0. The highest BCUT2D eigenvalue weighted by Crippen LogP contribution is 2.31. The molecule has 5 nitrogen and oxygen atoms in total. The molecule has 0 aromatic heterocycles. The van der Waals surface area contributed by atoms with Crippen LogP contribution in [0.2, 0.25) is 0 Å². The number of methoxy groups -OCH3 is 1. The average Bonchev–Trinajstić information content (AvgIpc) is 2.82.